The summed E-state index contributed by atoms with van der Waals surface area (Å²) in [6.07, 6.45) is 0. The molecule has 0 radical (unpaired) electrons. The van der Waals surface area contributed by atoms with Crippen LogP contribution in [0.2, 0.25) is 15.1 Å². The van der Waals surface area contributed by atoms with E-state index in [1.807, 2.05) is 38.1 Å². The quantitative estimate of drug-likeness (QED) is 0.337. The van der Waals surface area contributed by atoms with Crippen LogP contribution in [0, 0.1) is 6.92 Å². The van der Waals surface area contributed by atoms with E-state index in [1.54, 1.807) is 30.3 Å². The van der Waals surface area contributed by atoms with E-state index in [0.29, 0.717) is 45.4 Å². The molecule has 168 valence electrons. The zero-order valence-electron chi connectivity index (χ0n) is 17.7. The van der Waals surface area contributed by atoms with Gasteiger partial charge in [-0.25, -0.2) is 0 Å². The third-order valence-electron chi connectivity index (χ3n) is 4.56. The zero-order chi connectivity index (χ0) is 23.1. The number of hydrogen-bond acceptors (Lipinski definition) is 4. The van der Waals surface area contributed by atoms with E-state index in [-0.39, 0.29) is 12.5 Å². The normalized spacial score (nSPS) is 10.5. The highest BCUT2D eigenvalue weighted by atomic mass is 35.5. The molecule has 1 amide bonds. The Balaban J connectivity index is 1.62. The number of carbonyl (C=O) groups excluding carboxylic acids is 1. The Morgan fingerprint density at radius 2 is 1.72 bits per heavy atom. The second kappa shape index (κ2) is 11.3. The van der Waals surface area contributed by atoms with Crippen LogP contribution in [0.15, 0.2) is 54.6 Å². The van der Waals surface area contributed by atoms with Gasteiger partial charge < -0.3 is 20.1 Å². The van der Waals surface area contributed by atoms with Crippen LogP contribution in [0.25, 0.3) is 0 Å². The predicted molar refractivity (Wildman–Crippen MR) is 132 cm³/mol. The van der Waals surface area contributed by atoms with Crippen molar-refractivity contribution in [1.82, 2.24) is 0 Å². The number of aryl methyl sites for hydroxylation is 1. The Labute approximate surface area is 202 Å². The molecule has 3 aromatic rings. The Morgan fingerprint density at radius 3 is 2.47 bits per heavy atom. The molecule has 32 heavy (non-hydrogen) atoms. The first-order valence-electron chi connectivity index (χ1n) is 9.99. The lowest BCUT2D eigenvalue weighted by Crippen LogP contribution is -2.21. The summed E-state index contributed by atoms with van der Waals surface area (Å²) < 4.78 is 11.4. The van der Waals surface area contributed by atoms with Crippen molar-refractivity contribution in [3.63, 3.8) is 0 Å². The molecule has 0 aliphatic heterocycles. The number of ether oxygens (including phenoxy) is 2. The Kier molecular flexibility index (Phi) is 8.51. The van der Waals surface area contributed by atoms with E-state index in [1.165, 1.54) is 0 Å². The van der Waals surface area contributed by atoms with Gasteiger partial charge in [0.15, 0.2) is 18.1 Å². The van der Waals surface area contributed by atoms with Crippen molar-refractivity contribution >= 4 is 52.1 Å². The summed E-state index contributed by atoms with van der Waals surface area (Å²) in [6, 6.07) is 16.3. The number of rotatable bonds is 9. The molecule has 0 aliphatic rings. The minimum atomic E-state index is -0.289. The summed E-state index contributed by atoms with van der Waals surface area (Å²) in [5.41, 5.74) is 3.40. The Bertz CT molecular complexity index is 1110. The van der Waals surface area contributed by atoms with Crippen molar-refractivity contribution < 1.29 is 14.3 Å². The van der Waals surface area contributed by atoms with Gasteiger partial charge in [-0.2, -0.15) is 0 Å². The standard InChI is InChI=1S/C24H23Cl3N2O3/c1-3-31-23-10-16(13-28-18-7-8-19(26)20(27)12-18)5-9-22(23)32-14-24(30)29-21-11-17(25)6-4-15(21)2/h4-12,28H,3,13-14H2,1-2H3,(H,29,30). The summed E-state index contributed by atoms with van der Waals surface area (Å²) in [5, 5.41) is 7.65. The fourth-order valence-electron chi connectivity index (χ4n) is 2.92. The first kappa shape index (κ1) is 24.1. The highest BCUT2D eigenvalue weighted by molar-refractivity contribution is 6.42. The van der Waals surface area contributed by atoms with Crippen molar-refractivity contribution in [3.05, 3.63) is 80.8 Å². The number of benzene rings is 3. The van der Waals surface area contributed by atoms with Gasteiger partial charge in [-0.05, 0) is 67.4 Å². The topological polar surface area (TPSA) is 59.6 Å². The van der Waals surface area contributed by atoms with Crippen molar-refractivity contribution in [1.29, 1.82) is 0 Å². The van der Waals surface area contributed by atoms with Crippen molar-refractivity contribution in [2.75, 3.05) is 23.8 Å². The average molecular weight is 494 g/mol. The van der Waals surface area contributed by atoms with Gasteiger partial charge >= 0.3 is 0 Å². The third kappa shape index (κ3) is 6.70. The van der Waals surface area contributed by atoms with Gasteiger partial charge in [-0.1, -0.05) is 46.9 Å². The maximum absolute atomic E-state index is 12.3. The summed E-state index contributed by atoms with van der Waals surface area (Å²) >= 11 is 18.0. The molecular weight excluding hydrogens is 471 g/mol. The first-order chi connectivity index (χ1) is 15.4. The fraction of sp³-hybridized carbons (Fsp3) is 0.208. The lowest BCUT2D eigenvalue weighted by molar-refractivity contribution is -0.118. The molecule has 0 saturated carbocycles. The number of anilines is 2. The number of hydrogen-bond donors (Lipinski definition) is 2. The third-order valence-corrected chi connectivity index (χ3v) is 5.53. The molecule has 0 bridgehead atoms. The highest BCUT2D eigenvalue weighted by Crippen LogP contribution is 2.30. The molecule has 0 heterocycles. The second-order valence-corrected chi connectivity index (χ2v) is 8.24. The number of halogens is 3. The molecule has 0 unspecified atom stereocenters. The van der Waals surface area contributed by atoms with Gasteiger partial charge in [-0.3, -0.25) is 4.79 Å². The first-order valence-corrected chi connectivity index (χ1v) is 11.1. The van der Waals surface area contributed by atoms with E-state index in [0.717, 1.165) is 16.8 Å². The van der Waals surface area contributed by atoms with Crippen LogP contribution in [-0.2, 0) is 11.3 Å². The molecule has 0 saturated heterocycles. The van der Waals surface area contributed by atoms with Crippen LogP contribution in [0.5, 0.6) is 11.5 Å². The molecule has 0 aliphatic carbocycles. The second-order valence-electron chi connectivity index (χ2n) is 6.99. The molecule has 3 aromatic carbocycles. The lowest BCUT2D eigenvalue weighted by Gasteiger charge is -2.15. The molecular formula is C24H23Cl3N2O3. The van der Waals surface area contributed by atoms with Crippen LogP contribution in [0.4, 0.5) is 11.4 Å². The van der Waals surface area contributed by atoms with Crippen molar-refractivity contribution in [2.24, 2.45) is 0 Å². The summed E-state index contributed by atoms with van der Waals surface area (Å²) in [4.78, 5) is 12.3. The minimum Gasteiger partial charge on any atom is -0.490 e. The summed E-state index contributed by atoms with van der Waals surface area (Å²) in [6.45, 7) is 4.64. The van der Waals surface area contributed by atoms with E-state index in [9.17, 15) is 4.79 Å². The van der Waals surface area contributed by atoms with E-state index < -0.39 is 0 Å². The minimum absolute atomic E-state index is 0.160. The molecule has 0 spiro atoms. The lowest BCUT2D eigenvalue weighted by atomic mass is 10.2. The van der Waals surface area contributed by atoms with Crippen LogP contribution in [-0.4, -0.2) is 19.1 Å². The van der Waals surface area contributed by atoms with Crippen LogP contribution in [0.3, 0.4) is 0 Å². The Hall–Kier alpha value is -2.60. The van der Waals surface area contributed by atoms with E-state index >= 15 is 0 Å². The van der Waals surface area contributed by atoms with Gasteiger partial charge in [0.2, 0.25) is 0 Å². The number of carbonyl (C=O) groups is 1. The monoisotopic (exact) mass is 492 g/mol. The van der Waals surface area contributed by atoms with E-state index in [4.69, 9.17) is 44.3 Å². The SMILES string of the molecule is CCOc1cc(CNc2ccc(Cl)c(Cl)c2)ccc1OCC(=O)Nc1cc(Cl)ccc1C. The van der Waals surface area contributed by atoms with Crippen LogP contribution < -0.4 is 20.1 Å². The van der Waals surface area contributed by atoms with Gasteiger partial charge in [0.05, 0.1) is 16.7 Å². The van der Waals surface area contributed by atoms with Gasteiger partial charge in [0.1, 0.15) is 0 Å². The molecule has 3 rings (SSSR count). The highest BCUT2D eigenvalue weighted by Gasteiger charge is 2.11. The summed E-state index contributed by atoms with van der Waals surface area (Å²) in [5.74, 6) is 0.763. The summed E-state index contributed by atoms with van der Waals surface area (Å²) in [7, 11) is 0. The maximum Gasteiger partial charge on any atom is 0.262 e. The predicted octanol–water partition coefficient (Wildman–Crippen LogP) is 6.98. The van der Waals surface area contributed by atoms with Crippen molar-refractivity contribution in [3.8, 4) is 11.5 Å². The van der Waals surface area contributed by atoms with Gasteiger partial charge in [0.25, 0.3) is 5.91 Å². The molecule has 2 N–H and O–H groups in total. The number of nitrogens with one attached hydrogen (secondary N) is 2. The molecule has 0 atom stereocenters. The average Bonchev–Trinajstić information content (AvgIpc) is 2.76. The van der Waals surface area contributed by atoms with Gasteiger partial charge in [-0.15, -0.1) is 0 Å². The zero-order valence-corrected chi connectivity index (χ0v) is 19.9. The van der Waals surface area contributed by atoms with Crippen LogP contribution in [0.1, 0.15) is 18.1 Å². The van der Waals surface area contributed by atoms with Crippen molar-refractivity contribution in [2.45, 2.75) is 20.4 Å². The maximum atomic E-state index is 12.3. The molecule has 0 aromatic heterocycles. The van der Waals surface area contributed by atoms with Crippen LogP contribution >= 0.6 is 34.8 Å². The van der Waals surface area contributed by atoms with Gasteiger partial charge in [0, 0.05) is 22.9 Å². The number of amides is 1. The molecule has 8 heteroatoms. The molecule has 0 fully saturated rings. The largest absolute Gasteiger partial charge is 0.490 e. The Morgan fingerprint density at radius 1 is 0.906 bits per heavy atom. The fourth-order valence-corrected chi connectivity index (χ4v) is 3.39. The molecule has 5 nitrogen and oxygen atoms in total. The van der Waals surface area contributed by atoms with E-state index in [2.05, 4.69) is 10.6 Å². The smallest absolute Gasteiger partial charge is 0.262 e.